The number of aliphatic hydroxyl groups is 1. The molecule has 230 valence electrons. The number of nitrogens with zero attached hydrogens (tertiary/aromatic N) is 2. The maximum atomic E-state index is 9.81. The van der Waals surface area contributed by atoms with Gasteiger partial charge in [-0.25, -0.2) is 0 Å². The average Bonchev–Trinajstić information content (AvgIpc) is 2.91. The van der Waals surface area contributed by atoms with Gasteiger partial charge in [0.05, 0.1) is 6.54 Å². The van der Waals surface area contributed by atoms with Gasteiger partial charge in [-0.15, -0.1) is 0 Å². The lowest BCUT2D eigenvalue weighted by Gasteiger charge is -2.12. The van der Waals surface area contributed by atoms with Crippen LogP contribution in [0.5, 0.6) is 0 Å². The second-order valence-electron chi connectivity index (χ2n) is 10.9. The van der Waals surface area contributed by atoms with Crippen molar-refractivity contribution < 1.29 is 9.90 Å². The highest BCUT2D eigenvalue weighted by Crippen LogP contribution is 2.13. The van der Waals surface area contributed by atoms with Crippen molar-refractivity contribution in [2.75, 3.05) is 13.1 Å². The number of hydrogen-bond acceptors (Lipinski definition) is 6. The molecule has 0 amide bonds. The van der Waals surface area contributed by atoms with E-state index in [4.69, 9.17) is 5.84 Å². The minimum atomic E-state index is -0.960. The summed E-state index contributed by atoms with van der Waals surface area (Å²) in [6.45, 7) is 13.3. The zero-order chi connectivity index (χ0) is 29.2. The summed E-state index contributed by atoms with van der Waals surface area (Å²) < 4.78 is 0. The van der Waals surface area contributed by atoms with E-state index in [1.54, 1.807) is 13.8 Å². The lowest BCUT2D eigenvalue weighted by Crippen LogP contribution is -2.22. The number of rotatable bonds is 25. The minimum absolute atomic E-state index is 0.255. The summed E-state index contributed by atoms with van der Waals surface area (Å²) in [7, 11) is 0. The molecule has 0 aromatic heterocycles. The third-order valence-electron chi connectivity index (χ3n) is 6.74. The summed E-state index contributed by atoms with van der Waals surface area (Å²) in [6, 6.07) is 0. The van der Waals surface area contributed by atoms with Gasteiger partial charge in [-0.05, 0) is 33.1 Å². The Hall–Kier alpha value is -0.850. The lowest BCUT2D eigenvalue weighted by molar-refractivity contribution is -0.116. The van der Waals surface area contributed by atoms with Gasteiger partial charge in [0.15, 0.2) is 5.72 Å². The Labute approximate surface area is 238 Å². The fourth-order valence-electron chi connectivity index (χ4n) is 3.66. The molecule has 1 unspecified atom stereocenters. The molecule has 0 aliphatic carbocycles. The van der Waals surface area contributed by atoms with Gasteiger partial charge in [-0.3, -0.25) is 11.3 Å². The molecule has 0 heterocycles. The highest BCUT2D eigenvalue weighted by molar-refractivity contribution is 5.74. The summed E-state index contributed by atoms with van der Waals surface area (Å²) in [5.74, 6) is 5.44. The van der Waals surface area contributed by atoms with E-state index in [9.17, 15) is 9.90 Å². The van der Waals surface area contributed by atoms with Gasteiger partial charge >= 0.3 is 0 Å². The Kier molecular flexibility index (Phi) is 39.6. The predicted molar refractivity (Wildman–Crippen MR) is 167 cm³/mol. The maximum absolute atomic E-state index is 9.81. The van der Waals surface area contributed by atoms with Crippen LogP contribution in [0.15, 0.2) is 10.2 Å². The van der Waals surface area contributed by atoms with E-state index in [-0.39, 0.29) is 5.78 Å². The zero-order valence-corrected chi connectivity index (χ0v) is 26.8. The first-order chi connectivity index (χ1) is 18.3. The molecule has 0 aliphatic heterocycles. The number of nitrogens with one attached hydrogen (secondary N) is 1. The molecule has 0 spiro atoms. The van der Waals surface area contributed by atoms with Crippen LogP contribution in [0.4, 0.5) is 0 Å². The number of nitrogens with two attached hydrogens (primary N) is 1. The predicted octanol–water partition coefficient (Wildman–Crippen LogP) is 9.83. The first kappa shape index (κ1) is 41.6. The molecule has 0 aromatic rings. The van der Waals surface area contributed by atoms with Crippen molar-refractivity contribution >= 4 is 5.78 Å². The Morgan fingerprint density at radius 3 is 1.34 bits per heavy atom. The number of azo groups is 1. The number of carbonyl (C=O) groups excluding carboxylic acids is 1. The van der Waals surface area contributed by atoms with Gasteiger partial charge in [-0.1, -0.05) is 143 Å². The van der Waals surface area contributed by atoms with Gasteiger partial charge in [-0.2, -0.15) is 10.2 Å². The zero-order valence-electron chi connectivity index (χ0n) is 26.8. The van der Waals surface area contributed by atoms with Gasteiger partial charge < -0.3 is 9.90 Å². The van der Waals surface area contributed by atoms with E-state index >= 15 is 0 Å². The first-order valence-corrected chi connectivity index (χ1v) is 16.3. The van der Waals surface area contributed by atoms with E-state index < -0.39 is 5.72 Å². The topological polar surface area (TPSA) is 100 Å². The van der Waals surface area contributed by atoms with Crippen LogP contribution >= 0.6 is 0 Å². The fourth-order valence-corrected chi connectivity index (χ4v) is 3.66. The van der Waals surface area contributed by atoms with E-state index in [1.165, 1.54) is 122 Å². The largest absolute Gasteiger partial charge is 0.368 e. The van der Waals surface area contributed by atoms with Crippen molar-refractivity contribution in [2.24, 2.45) is 16.1 Å². The highest BCUT2D eigenvalue weighted by atomic mass is 16.3. The van der Waals surface area contributed by atoms with Crippen LogP contribution < -0.4 is 11.3 Å². The van der Waals surface area contributed by atoms with Crippen LogP contribution in [-0.4, -0.2) is 29.7 Å². The summed E-state index contributed by atoms with van der Waals surface area (Å²) in [6.07, 6.45) is 28.5. The normalized spacial score (nSPS) is 12.4. The molecule has 1 atom stereocenters. The van der Waals surface area contributed by atoms with Crippen molar-refractivity contribution in [2.45, 2.75) is 189 Å². The Morgan fingerprint density at radius 1 is 0.684 bits per heavy atom. The van der Waals surface area contributed by atoms with Crippen molar-refractivity contribution in [3.05, 3.63) is 0 Å². The van der Waals surface area contributed by atoms with Gasteiger partial charge in [0.25, 0.3) is 0 Å². The van der Waals surface area contributed by atoms with E-state index in [2.05, 4.69) is 29.5 Å². The second-order valence-corrected chi connectivity index (χ2v) is 10.9. The molecule has 0 saturated carbocycles. The molecule has 38 heavy (non-hydrogen) atoms. The van der Waals surface area contributed by atoms with Crippen molar-refractivity contribution in [3.8, 4) is 0 Å². The standard InChI is InChI=1S/C16H34N2O.C12H28N2.C4H8O/c1-4-6-7-8-9-10-11-12-13-14-15-17-18-16(3,19)5-2;1-2-3-4-5-6-7-8-9-10-11-12-14-13;1-3-4(2)5/h19H,4-15H2,1-3H3;14H,2-13H2,1H3;3H2,1-2H3/b18-17+;;. The SMILES string of the molecule is CCC(C)=O.CCCCCCCCCCCC/N=N/C(C)(O)CC.CCCCCCCCCCCCNN. The number of unbranched alkanes of at least 4 members (excludes halogenated alkanes) is 18. The monoisotopic (exact) mass is 543 g/mol. The average molecular weight is 543 g/mol. The number of ketones is 1. The molecule has 4 N–H and O–H groups in total. The second kappa shape index (κ2) is 36.1. The number of Topliss-reactive ketones (excluding diaryl/α,β-unsaturated/α-hetero) is 1. The van der Waals surface area contributed by atoms with Crippen LogP contribution in [0.2, 0.25) is 0 Å². The van der Waals surface area contributed by atoms with Gasteiger partial charge in [0, 0.05) is 13.0 Å². The van der Waals surface area contributed by atoms with E-state index in [0.29, 0.717) is 12.8 Å². The fraction of sp³-hybridized carbons (Fsp3) is 0.969. The third-order valence-corrected chi connectivity index (χ3v) is 6.74. The summed E-state index contributed by atoms with van der Waals surface area (Å²) >= 11 is 0. The molecule has 0 fully saturated rings. The van der Waals surface area contributed by atoms with Crippen LogP contribution in [0.25, 0.3) is 0 Å². The Bertz CT molecular complexity index is 458. The third kappa shape index (κ3) is 45.1. The highest BCUT2D eigenvalue weighted by Gasteiger charge is 2.14. The molecule has 0 rings (SSSR count). The van der Waals surface area contributed by atoms with Crippen LogP contribution in [-0.2, 0) is 4.79 Å². The summed E-state index contributed by atoms with van der Waals surface area (Å²) in [4.78, 5) is 9.81. The molecular weight excluding hydrogens is 472 g/mol. The first-order valence-electron chi connectivity index (χ1n) is 16.3. The number of carbonyl (C=O) groups is 1. The molecular formula is C32H70N4O2. The summed E-state index contributed by atoms with van der Waals surface area (Å²) in [5.41, 5.74) is 1.73. The molecule has 0 aliphatic rings. The number of hydrazine groups is 1. The van der Waals surface area contributed by atoms with Crippen LogP contribution in [0, 0.1) is 0 Å². The molecule has 0 aromatic carbocycles. The Morgan fingerprint density at radius 2 is 1.03 bits per heavy atom. The smallest absolute Gasteiger partial charge is 0.172 e. The van der Waals surface area contributed by atoms with Crippen molar-refractivity contribution in [1.29, 1.82) is 0 Å². The minimum Gasteiger partial charge on any atom is -0.368 e. The number of hydrogen-bond donors (Lipinski definition) is 3. The Balaban J connectivity index is -0.000000564. The quantitative estimate of drug-likeness (QED) is 0.0462. The molecule has 0 radical (unpaired) electrons. The summed E-state index contributed by atoms with van der Waals surface area (Å²) in [5, 5.41) is 17.6. The molecule has 6 heteroatoms. The maximum Gasteiger partial charge on any atom is 0.172 e. The van der Waals surface area contributed by atoms with Crippen LogP contribution in [0.3, 0.4) is 0 Å². The molecule has 0 saturated heterocycles. The van der Waals surface area contributed by atoms with Crippen molar-refractivity contribution in [1.82, 2.24) is 5.43 Å². The van der Waals surface area contributed by atoms with E-state index in [0.717, 1.165) is 19.5 Å². The van der Waals surface area contributed by atoms with Gasteiger partial charge in [0.2, 0.25) is 0 Å². The molecule has 0 bridgehead atoms. The lowest BCUT2D eigenvalue weighted by atomic mass is 10.1. The van der Waals surface area contributed by atoms with E-state index in [1.807, 2.05) is 13.8 Å². The van der Waals surface area contributed by atoms with Crippen LogP contribution in [0.1, 0.15) is 183 Å². The molecule has 6 nitrogen and oxygen atoms in total. The van der Waals surface area contributed by atoms with Gasteiger partial charge in [0.1, 0.15) is 5.78 Å². The van der Waals surface area contributed by atoms with Crippen molar-refractivity contribution in [3.63, 3.8) is 0 Å².